The van der Waals surface area contributed by atoms with Gasteiger partial charge < -0.3 is 15.4 Å². The lowest BCUT2D eigenvalue weighted by Crippen LogP contribution is -2.34. The first-order valence-corrected chi connectivity index (χ1v) is 8.55. The van der Waals surface area contributed by atoms with Crippen LogP contribution in [-0.4, -0.2) is 24.2 Å². The van der Waals surface area contributed by atoms with Crippen molar-refractivity contribution in [2.75, 3.05) is 12.4 Å². The minimum Gasteiger partial charge on any atom is -0.465 e. The average molecular weight is 326 g/mol. The molecule has 0 radical (unpaired) electrons. The van der Waals surface area contributed by atoms with Crippen LogP contribution in [0.3, 0.4) is 0 Å². The molecule has 0 saturated heterocycles. The first-order valence-electron chi connectivity index (χ1n) is 7.33. The summed E-state index contributed by atoms with van der Waals surface area (Å²) < 4.78 is 4.97. The monoisotopic (exact) mass is 326 g/mol. The predicted molar refractivity (Wildman–Crippen MR) is 91.4 cm³/mol. The van der Waals surface area contributed by atoms with E-state index in [9.17, 15) is 4.79 Å². The number of carbonyl (C=O) groups is 1. The van der Waals surface area contributed by atoms with Crippen LogP contribution in [-0.2, 0) is 17.6 Å². The van der Waals surface area contributed by atoms with Gasteiger partial charge in [-0.25, -0.2) is 4.79 Å². The van der Waals surface area contributed by atoms with Crippen molar-refractivity contribution in [2.45, 2.75) is 52.0 Å². The second kappa shape index (κ2) is 7.22. The molecule has 4 nitrogen and oxygen atoms in total. The van der Waals surface area contributed by atoms with Gasteiger partial charge >= 0.3 is 5.97 Å². The Morgan fingerprint density at radius 3 is 2.67 bits per heavy atom. The van der Waals surface area contributed by atoms with Crippen molar-refractivity contribution < 1.29 is 9.53 Å². The molecule has 116 valence electrons. The van der Waals surface area contributed by atoms with Crippen LogP contribution in [0.15, 0.2) is 0 Å². The van der Waals surface area contributed by atoms with Crippen LogP contribution >= 0.6 is 23.6 Å². The molecule has 1 aromatic heterocycles. The normalized spacial score (nSPS) is 14.3. The van der Waals surface area contributed by atoms with Crippen LogP contribution in [0.2, 0.25) is 0 Å². The summed E-state index contributed by atoms with van der Waals surface area (Å²) in [6.45, 7) is 4.05. The third kappa shape index (κ3) is 3.95. The largest absolute Gasteiger partial charge is 0.465 e. The Hall–Kier alpha value is -1.14. The van der Waals surface area contributed by atoms with Gasteiger partial charge in [0.25, 0.3) is 0 Å². The molecule has 0 aliphatic heterocycles. The van der Waals surface area contributed by atoms with Crippen LogP contribution < -0.4 is 10.6 Å². The molecule has 1 aliphatic carbocycles. The minimum atomic E-state index is -0.274. The molecule has 1 heterocycles. The van der Waals surface area contributed by atoms with E-state index in [-0.39, 0.29) is 12.0 Å². The second-order valence-electron chi connectivity index (χ2n) is 5.51. The first kappa shape index (κ1) is 16.2. The van der Waals surface area contributed by atoms with Gasteiger partial charge in [-0.05, 0) is 57.3 Å². The van der Waals surface area contributed by atoms with E-state index in [4.69, 9.17) is 17.0 Å². The highest BCUT2D eigenvalue weighted by molar-refractivity contribution is 7.80. The lowest BCUT2D eigenvalue weighted by Gasteiger charge is -2.13. The number of carbonyl (C=O) groups excluding carboxylic acids is 1. The minimum absolute atomic E-state index is 0.254. The summed E-state index contributed by atoms with van der Waals surface area (Å²) in [5.41, 5.74) is 1.83. The van der Waals surface area contributed by atoms with E-state index in [0.717, 1.165) is 29.8 Å². The van der Waals surface area contributed by atoms with Crippen molar-refractivity contribution in [2.24, 2.45) is 0 Å². The molecule has 0 bridgehead atoms. The maximum atomic E-state index is 12.2. The Labute approximate surface area is 135 Å². The zero-order valence-electron chi connectivity index (χ0n) is 12.7. The average Bonchev–Trinajstić information content (AvgIpc) is 2.59. The number of hydrogen-bond donors (Lipinski definition) is 2. The molecule has 0 atom stereocenters. The Kier molecular flexibility index (Phi) is 5.58. The van der Waals surface area contributed by atoms with Gasteiger partial charge in [-0.1, -0.05) is 6.42 Å². The first-order chi connectivity index (χ1) is 10.0. The number of fused-ring (bicyclic) bond motifs is 1. The number of esters is 1. The van der Waals surface area contributed by atoms with Gasteiger partial charge in [-0.2, -0.15) is 0 Å². The van der Waals surface area contributed by atoms with Gasteiger partial charge in [0.15, 0.2) is 5.11 Å². The lowest BCUT2D eigenvalue weighted by molar-refractivity contribution is 0.0601. The zero-order valence-corrected chi connectivity index (χ0v) is 14.4. The molecule has 0 fully saturated rings. The molecule has 1 aromatic rings. The fraction of sp³-hybridized carbons (Fsp3) is 0.600. The topological polar surface area (TPSA) is 50.4 Å². The summed E-state index contributed by atoms with van der Waals surface area (Å²) in [6.07, 6.45) is 5.51. The number of thiocarbonyl (C=S) groups is 1. The van der Waals surface area contributed by atoms with Gasteiger partial charge in [0.2, 0.25) is 0 Å². The summed E-state index contributed by atoms with van der Waals surface area (Å²) in [5, 5.41) is 7.68. The standard InChI is InChI=1S/C15H22N2O2S2/c1-9(2)16-15(20)17-13-12(14(18)19-3)10-7-5-4-6-8-11(10)21-13/h9H,4-8H2,1-3H3,(H2,16,17,20). The zero-order chi connectivity index (χ0) is 15.4. The van der Waals surface area contributed by atoms with Gasteiger partial charge in [-0.3, -0.25) is 0 Å². The highest BCUT2D eigenvalue weighted by atomic mass is 32.1. The van der Waals surface area contributed by atoms with Crippen LogP contribution in [0.1, 0.15) is 53.9 Å². The van der Waals surface area contributed by atoms with E-state index in [1.54, 1.807) is 11.3 Å². The summed E-state index contributed by atoms with van der Waals surface area (Å²) in [5.74, 6) is -0.274. The number of methoxy groups -OCH3 is 1. The maximum Gasteiger partial charge on any atom is 0.341 e. The van der Waals surface area contributed by atoms with Crippen LogP contribution in [0.25, 0.3) is 0 Å². The fourth-order valence-corrected chi connectivity index (χ4v) is 4.23. The van der Waals surface area contributed by atoms with Gasteiger partial charge in [0.05, 0.1) is 12.7 Å². The van der Waals surface area contributed by atoms with E-state index in [0.29, 0.717) is 10.7 Å². The second-order valence-corrected chi connectivity index (χ2v) is 7.03. The number of rotatable bonds is 3. The molecular weight excluding hydrogens is 304 g/mol. The van der Waals surface area contributed by atoms with Crippen molar-refractivity contribution in [1.29, 1.82) is 0 Å². The van der Waals surface area contributed by atoms with Crippen molar-refractivity contribution in [3.8, 4) is 0 Å². The SMILES string of the molecule is COC(=O)c1c(NC(=S)NC(C)C)sc2c1CCCCC2. The van der Waals surface area contributed by atoms with Crippen LogP contribution in [0.4, 0.5) is 5.00 Å². The Morgan fingerprint density at radius 2 is 2.00 bits per heavy atom. The van der Waals surface area contributed by atoms with Gasteiger partial charge in [0.1, 0.15) is 5.00 Å². The highest BCUT2D eigenvalue weighted by Crippen LogP contribution is 2.37. The molecule has 21 heavy (non-hydrogen) atoms. The fourth-order valence-electron chi connectivity index (χ4n) is 2.55. The molecule has 0 aromatic carbocycles. The van der Waals surface area contributed by atoms with Crippen LogP contribution in [0.5, 0.6) is 0 Å². The third-order valence-corrected chi connectivity index (χ3v) is 4.88. The van der Waals surface area contributed by atoms with Gasteiger partial charge in [0, 0.05) is 10.9 Å². The van der Waals surface area contributed by atoms with Crippen molar-refractivity contribution in [1.82, 2.24) is 5.32 Å². The summed E-state index contributed by atoms with van der Waals surface area (Å²) in [6, 6.07) is 0.254. The molecular formula is C15H22N2O2S2. The Bertz CT molecular complexity index is 538. The number of aryl methyl sites for hydroxylation is 1. The lowest BCUT2D eigenvalue weighted by atomic mass is 10.1. The van der Waals surface area contributed by atoms with E-state index >= 15 is 0 Å². The molecule has 2 N–H and O–H groups in total. The van der Waals surface area contributed by atoms with Crippen molar-refractivity contribution in [3.05, 3.63) is 16.0 Å². The van der Waals surface area contributed by atoms with Crippen molar-refractivity contribution in [3.63, 3.8) is 0 Å². The number of thiophene rings is 1. The summed E-state index contributed by atoms with van der Waals surface area (Å²) in [7, 11) is 1.43. The number of nitrogens with one attached hydrogen (secondary N) is 2. The molecule has 0 saturated carbocycles. The van der Waals surface area contributed by atoms with E-state index in [1.165, 1.54) is 24.8 Å². The number of anilines is 1. The smallest absolute Gasteiger partial charge is 0.341 e. The molecule has 1 aliphatic rings. The molecule has 0 spiro atoms. The molecule has 0 unspecified atom stereocenters. The predicted octanol–water partition coefficient (Wildman–Crippen LogP) is 3.50. The summed E-state index contributed by atoms with van der Waals surface area (Å²) >= 11 is 6.93. The van der Waals surface area contributed by atoms with E-state index in [1.807, 2.05) is 13.8 Å². The number of hydrogen-bond acceptors (Lipinski definition) is 4. The quantitative estimate of drug-likeness (QED) is 0.506. The summed E-state index contributed by atoms with van der Waals surface area (Å²) in [4.78, 5) is 13.5. The number of ether oxygens (including phenoxy) is 1. The molecule has 0 amide bonds. The maximum absolute atomic E-state index is 12.2. The molecule has 6 heteroatoms. The molecule has 2 rings (SSSR count). The van der Waals surface area contributed by atoms with Crippen molar-refractivity contribution >= 4 is 39.6 Å². The van der Waals surface area contributed by atoms with E-state index in [2.05, 4.69) is 10.6 Å². The van der Waals surface area contributed by atoms with Gasteiger partial charge in [-0.15, -0.1) is 11.3 Å². The van der Waals surface area contributed by atoms with E-state index < -0.39 is 0 Å². The third-order valence-electron chi connectivity index (χ3n) is 3.46. The Balaban J connectivity index is 2.31. The van der Waals surface area contributed by atoms with Crippen LogP contribution in [0, 0.1) is 0 Å². The highest BCUT2D eigenvalue weighted by Gasteiger charge is 2.25. The Morgan fingerprint density at radius 1 is 1.29 bits per heavy atom.